The van der Waals surface area contributed by atoms with E-state index in [9.17, 15) is 20.0 Å². The molecule has 1 rings (SSSR count). The van der Waals surface area contributed by atoms with Crippen LogP contribution in [0.15, 0.2) is 18.2 Å². The summed E-state index contributed by atoms with van der Waals surface area (Å²) in [4.78, 5) is 22.4. The van der Waals surface area contributed by atoms with Crippen molar-refractivity contribution in [3.8, 4) is 0 Å². The quantitative estimate of drug-likeness (QED) is 0.596. The van der Waals surface area contributed by atoms with E-state index in [0.29, 0.717) is 17.7 Å². The summed E-state index contributed by atoms with van der Waals surface area (Å²) >= 11 is 0. The summed E-state index contributed by atoms with van der Waals surface area (Å²) in [6.07, 6.45) is 1.53. The lowest BCUT2D eigenvalue weighted by Gasteiger charge is -2.29. The monoisotopic (exact) mass is 294 g/mol. The molecule has 0 radical (unpaired) electrons. The van der Waals surface area contributed by atoms with Crippen molar-refractivity contribution in [2.24, 2.45) is 5.41 Å². The van der Waals surface area contributed by atoms with Crippen LogP contribution in [0.2, 0.25) is 0 Å². The molecule has 1 aromatic carbocycles. The summed E-state index contributed by atoms with van der Waals surface area (Å²) in [7, 11) is 0. The molecule has 6 nitrogen and oxygen atoms in total. The molecule has 1 aromatic rings. The predicted molar refractivity (Wildman–Crippen MR) is 80.3 cm³/mol. The Bertz CT molecular complexity index is 516. The number of nitrogens with zero attached hydrogens (tertiary/aromatic N) is 1. The van der Waals surface area contributed by atoms with Crippen molar-refractivity contribution in [2.75, 3.05) is 13.2 Å². The van der Waals surface area contributed by atoms with E-state index in [1.807, 2.05) is 13.8 Å². The highest BCUT2D eigenvalue weighted by Crippen LogP contribution is 2.24. The number of hydrogen-bond donors (Lipinski definition) is 2. The van der Waals surface area contributed by atoms with Crippen molar-refractivity contribution in [2.45, 2.75) is 33.6 Å². The Morgan fingerprint density at radius 2 is 2.00 bits per heavy atom. The molecule has 0 heterocycles. The third-order valence-corrected chi connectivity index (χ3v) is 4.12. The van der Waals surface area contributed by atoms with Gasteiger partial charge in [0.15, 0.2) is 0 Å². The zero-order valence-corrected chi connectivity index (χ0v) is 12.7. The fourth-order valence-electron chi connectivity index (χ4n) is 2.15. The Hall–Kier alpha value is -1.95. The molecule has 0 bridgehead atoms. The number of aliphatic hydroxyl groups is 1. The maximum absolute atomic E-state index is 12.1. The number of carbonyl (C=O) groups excluding carboxylic acids is 1. The lowest BCUT2D eigenvalue weighted by atomic mass is 9.83. The average Bonchev–Trinajstić information content (AvgIpc) is 2.48. The van der Waals surface area contributed by atoms with Gasteiger partial charge in [-0.15, -0.1) is 0 Å². The predicted octanol–water partition coefficient (Wildman–Crippen LogP) is 2.43. The number of aliphatic hydroxyl groups excluding tert-OH is 1. The Labute approximate surface area is 124 Å². The van der Waals surface area contributed by atoms with Crippen LogP contribution >= 0.6 is 0 Å². The number of amides is 1. The van der Waals surface area contributed by atoms with Crippen LogP contribution in [0.5, 0.6) is 0 Å². The van der Waals surface area contributed by atoms with Crippen LogP contribution in [0, 0.1) is 22.5 Å². The Morgan fingerprint density at radius 3 is 2.43 bits per heavy atom. The van der Waals surface area contributed by atoms with Gasteiger partial charge in [0.05, 0.1) is 11.5 Å². The first kappa shape index (κ1) is 17.1. The van der Waals surface area contributed by atoms with E-state index in [1.165, 1.54) is 18.2 Å². The number of benzene rings is 1. The van der Waals surface area contributed by atoms with Crippen molar-refractivity contribution < 1.29 is 14.8 Å². The van der Waals surface area contributed by atoms with Crippen molar-refractivity contribution in [3.63, 3.8) is 0 Å². The van der Waals surface area contributed by atoms with E-state index in [4.69, 9.17) is 0 Å². The van der Waals surface area contributed by atoms with E-state index in [1.54, 1.807) is 6.92 Å². The minimum atomic E-state index is -0.470. The Kier molecular flexibility index (Phi) is 5.84. The van der Waals surface area contributed by atoms with E-state index >= 15 is 0 Å². The lowest BCUT2D eigenvalue weighted by molar-refractivity contribution is -0.385. The van der Waals surface area contributed by atoms with Crippen LogP contribution in [0.4, 0.5) is 5.69 Å². The zero-order chi connectivity index (χ0) is 16.0. The highest BCUT2D eigenvalue weighted by molar-refractivity contribution is 5.94. The van der Waals surface area contributed by atoms with Gasteiger partial charge in [0.1, 0.15) is 0 Å². The van der Waals surface area contributed by atoms with Crippen LogP contribution in [-0.4, -0.2) is 29.1 Å². The number of nitro benzene ring substituents is 1. The second-order valence-corrected chi connectivity index (χ2v) is 5.31. The average molecular weight is 294 g/mol. The van der Waals surface area contributed by atoms with Crippen LogP contribution in [-0.2, 0) is 0 Å². The molecule has 6 heteroatoms. The van der Waals surface area contributed by atoms with Crippen LogP contribution in [0.1, 0.15) is 42.6 Å². The molecular weight excluding hydrogens is 272 g/mol. The van der Waals surface area contributed by atoms with Gasteiger partial charge < -0.3 is 10.4 Å². The van der Waals surface area contributed by atoms with Gasteiger partial charge >= 0.3 is 0 Å². The highest BCUT2D eigenvalue weighted by Gasteiger charge is 2.26. The number of hydrogen-bond acceptors (Lipinski definition) is 4. The van der Waals surface area contributed by atoms with Crippen molar-refractivity contribution in [1.29, 1.82) is 0 Å². The topological polar surface area (TPSA) is 92.5 Å². The molecule has 0 aliphatic heterocycles. The van der Waals surface area contributed by atoms with E-state index in [0.717, 1.165) is 12.8 Å². The van der Waals surface area contributed by atoms with Crippen LogP contribution < -0.4 is 5.32 Å². The summed E-state index contributed by atoms with van der Waals surface area (Å²) in [5, 5.41) is 23.0. The maximum atomic E-state index is 12.1. The van der Waals surface area contributed by atoms with Gasteiger partial charge in [-0.1, -0.05) is 13.8 Å². The van der Waals surface area contributed by atoms with Crippen molar-refractivity contribution in [3.05, 3.63) is 39.4 Å². The summed E-state index contributed by atoms with van der Waals surface area (Å²) in [6, 6.07) is 4.29. The molecule has 0 fully saturated rings. The number of rotatable bonds is 7. The number of nitrogens with one attached hydrogen (secondary N) is 1. The van der Waals surface area contributed by atoms with Gasteiger partial charge in [-0.25, -0.2) is 0 Å². The third kappa shape index (κ3) is 4.01. The standard InChI is InChI=1S/C15H22N2O4/c1-4-15(5-2,10-18)9-16-14(19)12-6-7-13(17(20)21)11(3)8-12/h6-8,18H,4-5,9-10H2,1-3H3,(H,16,19). The van der Waals surface area contributed by atoms with E-state index in [-0.39, 0.29) is 23.6 Å². The highest BCUT2D eigenvalue weighted by atomic mass is 16.6. The van der Waals surface area contributed by atoms with Gasteiger partial charge in [0.25, 0.3) is 11.6 Å². The van der Waals surface area contributed by atoms with Gasteiger partial charge in [-0.3, -0.25) is 14.9 Å². The minimum absolute atomic E-state index is 0.00151. The molecule has 0 aliphatic rings. The van der Waals surface area contributed by atoms with Crippen molar-refractivity contribution >= 4 is 11.6 Å². The fraction of sp³-hybridized carbons (Fsp3) is 0.533. The molecule has 1 amide bonds. The normalized spacial score (nSPS) is 11.2. The third-order valence-electron chi connectivity index (χ3n) is 4.12. The van der Waals surface area contributed by atoms with Crippen molar-refractivity contribution in [1.82, 2.24) is 5.32 Å². The molecule has 0 spiro atoms. The molecule has 0 unspecified atom stereocenters. The first-order valence-corrected chi connectivity index (χ1v) is 7.03. The Morgan fingerprint density at radius 1 is 1.38 bits per heavy atom. The molecule has 116 valence electrons. The molecule has 21 heavy (non-hydrogen) atoms. The Balaban J connectivity index is 2.81. The van der Waals surface area contributed by atoms with E-state index < -0.39 is 4.92 Å². The first-order chi connectivity index (χ1) is 9.89. The van der Waals surface area contributed by atoms with Gasteiger partial charge in [0.2, 0.25) is 0 Å². The molecular formula is C15H22N2O4. The second-order valence-electron chi connectivity index (χ2n) is 5.31. The summed E-state index contributed by atoms with van der Waals surface area (Å²) in [5.74, 6) is -0.285. The zero-order valence-electron chi connectivity index (χ0n) is 12.7. The smallest absolute Gasteiger partial charge is 0.272 e. The van der Waals surface area contributed by atoms with E-state index in [2.05, 4.69) is 5.32 Å². The number of aryl methyl sites for hydroxylation is 1. The first-order valence-electron chi connectivity index (χ1n) is 7.03. The molecule has 0 saturated carbocycles. The van der Waals surface area contributed by atoms with Gasteiger partial charge in [-0.05, 0) is 31.9 Å². The second kappa shape index (κ2) is 7.17. The maximum Gasteiger partial charge on any atom is 0.272 e. The molecule has 0 saturated heterocycles. The minimum Gasteiger partial charge on any atom is -0.396 e. The molecule has 0 aromatic heterocycles. The SMILES string of the molecule is CCC(CC)(CO)CNC(=O)c1ccc([N+](=O)[O-])c(C)c1. The van der Waals surface area contributed by atoms with Gasteiger partial charge in [-0.2, -0.15) is 0 Å². The van der Waals surface area contributed by atoms with Gasteiger partial charge in [0, 0.05) is 29.2 Å². The largest absolute Gasteiger partial charge is 0.396 e. The fourth-order valence-corrected chi connectivity index (χ4v) is 2.15. The van der Waals surface area contributed by atoms with Crippen LogP contribution in [0.3, 0.4) is 0 Å². The summed E-state index contributed by atoms with van der Waals surface area (Å²) < 4.78 is 0. The number of carbonyl (C=O) groups is 1. The summed E-state index contributed by atoms with van der Waals surface area (Å²) in [6.45, 7) is 5.94. The molecule has 0 aliphatic carbocycles. The molecule has 0 atom stereocenters. The van der Waals surface area contributed by atoms with Crippen LogP contribution in [0.25, 0.3) is 0 Å². The molecule has 2 N–H and O–H groups in total. The summed E-state index contributed by atoms with van der Waals surface area (Å²) in [5.41, 5.74) is 0.522. The number of nitro groups is 1. The lowest BCUT2D eigenvalue weighted by Crippen LogP contribution is -2.39.